The first-order valence-corrected chi connectivity index (χ1v) is 11.3. The number of fused-ring (bicyclic) bond motifs is 1. The Morgan fingerprint density at radius 3 is 2.88 bits per heavy atom. The Hall–Kier alpha value is -2.96. The topological polar surface area (TPSA) is 68.8 Å². The highest BCUT2D eigenvalue weighted by Crippen LogP contribution is 2.32. The number of nitrogens with zero attached hydrogens (tertiary/aromatic N) is 3. The van der Waals surface area contributed by atoms with E-state index in [9.17, 15) is 4.39 Å². The fourth-order valence-electron chi connectivity index (χ4n) is 4.49. The maximum atomic E-state index is 13.6. The molecule has 0 spiro atoms. The number of rotatable bonds is 5. The molecule has 1 fully saturated rings. The third-order valence-electron chi connectivity index (χ3n) is 6.10. The van der Waals surface area contributed by atoms with Crippen LogP contribution in [-0.4, -0.2) is 26.6 Å². The van der Waals surface area contributed by atoms with E-state index in [0.717, 1.165) is 59.2 Å². The molecule has 1 saturated carbocycles. The molecule has 2 unspecified atom stereocenters. The van der Waals surface area contributed by atoms with Crippen molar-refractivity contribution in [1.29, 1.82) is 0 Å². The van der Waals surface area contributed by atoms with Crippen molar-refractivity contribution in [3.05, 3.63) is 77.5 Å². The molecule has 4 aromatic rings. The number of hydrogen-bond donors (Lipinski definition) is 2. The van der Waals surface area contributed by atoms with Crippen molar-refractivity contribution in [3.63, 3.8) is 0 Å². The number of aromatic nitrogens is 3. The van der Waals surface area contributed by atoms with Gasteiger partial charge < -0.3 is 15.6 Å². The summed E-state index contributed by atoms with van der Waals surface area (Å²) in [6.07, 6.45) is 7.73. The minimum atomic E-state index is -0.241. The molecule has 32 heavy (non-hydrogen) atoms. The van der Waals surface area contributed by atoms with Gasteiger partial charge in [0.25, 0.3) is 0 Å². The van der Waals surface area contributed by atoms with E-state index in [-0.39, 0.29) is 11.9 Å². The van der Waals surface area contributed by atoms with Crippen LogP contribution in [0.5, 0.6) is 0 Å². The molecule has 2 aromatic heterocycles. The van der Waals surface area contributed by atoms with Crippen LogP contribution in [-0.2, 0) is 6.54 Å². The summed E-state index contributed by atoms with van der Waals surface area (Å²) in [6, 6.07) is 15.3. The van der Waals surface area contributed by atoms with E-state index in [1.165, 1.54) is 6.07 Å². The second-order valence-corrected chi connectivity index (χ2v) is 8.93. The van der Waals surface area contributed by atoms with E-state index in [2.05, 4.69) is 21.4 Å². The van der Waals surface area contributed by atoms with Crippen molar-refractivity contribution in [2.24, 2.45) is 5.73 Å². The van der Waals surface area contributed by atoms with Gasteiger partial charge in [0.05, 0.1) is 22.4 Å². The predicted molar refractivity (Wildman–Crippen MR) is 127 cm³/mol. The van der Waals surface area contributed by atoms with Crippen molar-refractivity contribution >= 4 is 28.5 Å². The second kappa shape index (κ2) is 8.88. The molecule has 5 rings (SSSR count). The molecule has 3 N–H and O–H groups in total. The Morgan fingerprint density at radius 1 is 1.12 bits per heavy atom. The molecule has 1 aliphatic rings. The lowest BCUT2D eigenvalue weighted by Crippen LogP contribution is -2.35. The number of benzene rings is 2. The minimum Gasteiger partial charge on any atom is -0.367 e. The maximum Gasteiger partial charge on any atom is 0.126 e. The molecule has 0 amide bonds. The molecule has 2 atom stereocenters. The largest absolute Gasteiger partial charge is 0.367 e. The van der Waals surface area contributed by atoms with Crippen molar-refractivity contribution < 1.29 is 4.39 Å². The van der Waals surface area contributed by atoms with Crippen LogP contribution in [0, 0.1) is 5.82 Å². The summed E-state index contributed by atoms with van der Waals surface area (Å²) in [5.74, 6) is 0.562. The van der Waals surface area contributed by atoms with Gasteiger partial charge in [0.15, 0.2) is 0 Å². The molecule has 1 aliphatic carbocycles. The number of anilines is 1. The quantitative estimate of drug-likeness (QED) is 0.415. The van der Waals surface area contributed by atoms with E-state index in [1.807, 2.05) is 28.8 Å². The predicted octanol–water partition coefficient (Wildman–Crippen LogP) is 5.62. The summed E-state index contributed by atoms with van der Waals surface area (Å²) in [7, 11) is 0. The molecule has 2 heterocycles. The fourth-order valence-corrected chi connectivity index (χ4v) is 4.70. The third kappa shape index (κ3) is 4.47. The normalized spacial score (nSPS) is 18.7. The van der Waals surface area contributed by atoms with Crippen LogP contribution in [0.3, 0.4) is 0 Å². The van der Waals surface area contributed by atoms with E-state index in [4.69, 9.17) is 17.3 Å². The number of imidazole rings is 1. The lowest BCUT2D eigenvalue weighted by molar-refractivity contribution is 0.409. The van der Waals surface area contributed by atoms with Gasteiger partial charge in [-0.2, -0.15) is 0 Å². The van der Waals surface area contributed by atoms with Crippen LogP contribution in [0.15, 0.2) is 61.1 Å². The smallest absolute Gasteiger partial charge is 0.126 e. The number of halogens is 2. The molecule has 5 nitrogen and oxygen atoms in total. The van der Waals surface area contributed by atoms with Crippen molar-refractivity contribution in [2.45, 2.75) is 44.3 Å². The number of nitrogens with two attached hydrogens (primary N) is 1. The highest BCUT2D eigenvalue weighted by molar-refractivity contribution is 6.33. The average Bonchev–Trinajstić information content (AvgIpc) is 3.17. The zero-order valence-electron chi connectivity index (χ0n) is 17.6. The van der Waals surface area contributed by atoms with Crippen LogP contribution in [0.25, 0.3) is 22.2 Å². The van der Waals surface area contributed by atoms with Crippen molar-refractivity contribution in [2.75, 3.05) is 5.32 Å². The second-order valence-electron chi connectivity index (χ2n) is 8.52. The first-order valence-electron chi connectivity index (χ1n) is 10.9. The molecule has 0 bridgehead atoms. The number of hydrogen-bond acceptors (Lipinski definition) is 4. The molecule has 0 radical (unpaired) electrons. The highest BCUT2D eigenvalue weighted by atomic mass is 35.5. The summed E-state index contributed by atoms with van der Waals surface area (Å²) in [4.78, 5) is 8.98. The molecule has 0 saturated heterocycles. The molecule has 7 heteroatoms. The summed E-state index contributed by atoms with van der Waals surface area (Å²) < 4.78 is 15.6. The van der Waals surface area contributed by atoms with E-state index < -0.39 is 0 Å². The van der Waals surface area contributed by atoms with Gasteiger partial charge in [-0.15, -0.1) is 0 Å². The standard InChI is InChI=1S/C25H25ClFN5/c26-22-13-29-25(31-20-6-2-5-19(28)11-20)12-21(22)17-7-8-23-24(10-17)32(15-30-23)14-16-3-1-4-18(27)9-16/h1,3-4,7-10,12-13,15,19-20H,2,5-6,11,14,28H2,(H,29,31). The van der Waals surface area contributed by atoms with Crippen LogP contribution in [0.4, 0.5) is 10.2 Å². The molecule has 164 valence electrons. The van der Waals surface area contributed by atoms with Gasteiger partial charge in [-0.1, -0.05) is 29.8 Å². The van der Waals surface area contributed by atoms with Crippen LogP contribution < -0.4 is 11.1 Å². The van der Waals surface area contributed by atoms with Gasteiger partial charge in [0, 0.05) is 30.4 Å². The maximum absolute atomic E-state index is 13.6. The zero-order chi connectivity index (χ0) is 22.1. The Morgan fingerprint density at radius 2 is 2.03 bits per heavy atom. The van der Waals surface area contributed by atoms with E-state index in [0.29, 0.717) is 17.6 Å². The zero-order valence-corrected chi connectivity index (χ0v) is 18.4. The summed E-state index contributed by atoms with van der Waals surface area (Å²) in [5, 5.41) is 4.12. The van der Waals surface area contributed by atoms with Gasteiger partial charge >= 0.3 is 0 Å². The first kappa shape index (κ1) is 20.9. The van der Waals surface area contributed by atoms with Crippen LogP contribution in [0.2, 0.25) is 5.02 Å². The number of pyridine rings is 1. The molecular formula is C25H25ClFN5. The van der Waals surface area contributed by atoms with Gasteiger partial charge in [0.2, 0.25) is 0 Å². The first-order chi connectivity index (χ1) is 15.5. The van der Waals surface area contributed by atoms with Gasteiger partial charge in [0.1, 0.15) is 11.6 Å². The minimum absolute atomic E-state index is 0.241. The fraction of sp³-hybridized carbons (Fsp3) is 0.280. The van der Waals surface area contributed by atoms with Gasteiger partial charge in [-0.25, -0.2) is 14.4 Å². The lowest BCUT2D eigenvalue weighted by Gasteiger charge is -2.27. The van der Waals surface area contributed by atoms with Crippen LogP contribution in [0.1, 0.15) is 31.2 Å². The van der Waals surface area contributed by atoms with Crippen molar-refractivity contribution in [1.82, 2.24) is 14.5 Å². The summed E-state index contributed by atoms with van der Waals surface area (Å²) >= 11 is 6.53. The molecular weight excluding hydrogens is 425 g/mol. The summed E-state index contributed by atoms with van der Waals surface area (Å²) in [5.41, 5.74) is 10.7. The van der Waals surface area contributed by atoms with E-state index in [1.54, 1.807) is 24.7 Å². The molecule has 0 aliphatic heterocycles. The molecule has 2 aromatic carbocycles. The highest BCUT2D eigenvalue weighted by Gasteiger charge is 2.20. The van der Waals surface area contributed by atoms with E-state index >= 15 is 0 Å². The Kier molecular flexibility index (Phi) is 5.81. The lowest BCUT2D eigenvalue weighted by atomic mass is 9.91. The van der Waals surface area contributed by atoms with Crippen molar-refractivity contribution in [3.8, 4) is 11.1 Å². The monoisotopic (exact) mass is 449 g/mol. The Bertz CT molecular complexity index is 1250. The average molecular weight is 450 g/mol. The van der Waals surface area contributed by atoms with Gasteiger partial charge in [-0.3, -0.25) is 0 Å². The number of nitrogens with one attached hydrogen (secondary N) is 1. The SMILES string of the molecule is NC1CCCC(Nc2cc(-c3ccc4ncn(Cc5cccc(F)c5)c4c3)c(Cl)cn2)C1. The van der Waals surface area contributed by atoms with Crippen LogP contribution >= 0.6 is 11.6 Å². The Balaban J connectivity index is 1.45. The van der Waals surface area contributed by atoms with Gasteiger partial charge in [-0.05, 0) is 67.1 Å². The Labute approximate surface area is 191 Å². The summed E-state index contributed by atoms with van der Waals surface area (Å²) in [6.45, 7) is 0.538. The third-order valence-corrected chi connectivity index (χ3v) is 6.40.